The Kier molecular flexibility index (Phi) is 3.36. The van der Waals surface area contributed by atoms with E-state index in [1.165, 1.54) is 64.7 Å². The maximum atomic E-state index is 6.67. The van der Waals surface area contributed by atoms with Gasteiger partial charge in [-0.05, 0) is 57.1 Å². The molecule has 2 heteroatoms. The molecule has 0 saturated carbocycles. The Labute approximate surface area is 200 Å². The quantitative estimate of drug-likeness (QED) is 0.213. The van der Waals surface area contributed by atoms with E-state index in [1.54, 1.807) is 0 Å². The predicted molar refractivity (Wildman–Crippen MR) is 141 cm³/mol. The van der Waals surface area contributed by atoms with Crippen LogP contribution in [0.3, 0.4) is 0 Å². The van der Waals surface area contributed by atoms with Crippen molar-refractivity contribution < 1.29 is 0 Å². The minimum Gasteiger partial charge on any atom is -0.135 e. The Hall–Kier alpha value is -3.39. The first kappa shape index (κ1) is 18.1. The molecule has 0 N–H and O–H groups in total. The van der Waals surface area contributed by atoms with Crippen LogP contribution in [-0.2, 0) is 5.41 Å². The minimum atomic E-state index is -0.340. The van der Waals surface area contributed by atoms with E-state index in [9.17, 15) is 0 Å². The van der Waals surface area contributed by atoms with Crippen LogP contribution in [0.2, 0.25) is 5.02 Å². The molecule has 1 heterocycles. The molecule has 33 heavy (non-hydrogen) atoms. The van der Waals surface area contributed by atoms with Crippen molar-refractivity contribution in [3.63, 3.8) is 0 Å². The van der Waals surface area contributed by atoms with Gasteiger partial charge in [0.15, 0.2) is 0 Å². The standard InChI is InChI=1S/C31H17ClS/c32-18-13-14-23-27(17-18)31(24-10-4-1-7-19(24)20-8-2-5-11-25(20)31)26-16-15-22-21-9-3-6-12-28(21)33-30(22)29(23)26/h1-17H. The molecule has 2 aliphatic rings. The number of halogens is 1. The summed E-state index contributed by atoms with van der Waals surface area (Å²) in [7, 11) is 0. The molecular weight excluding hydrogens is 440 g/mol. The van der Waals surface area contributed by atoms with Gasteiger partial charge in [-0.2, -0.15) is 0 Å². The Morgan fingerprint density at radius 1 is 0.545 bits per heavy atom. The van der Waals surface area contributed by atoms with E-state index in [0.717, 1.165) is 5.02 Å². The molecule has 0 aliphatic heterocycles. The summed E-state index contributed by atoms with van der Waals surface area (Å²) in [6, 6.07) is 37.8. The van der Waals surface area contributed by atoms with E-state index in [-0.39, 0.29) is 5.41 Å². The zero-order valence-electron chi connectivity index (χ0n) is 17.6. The second-order valence-corrected chi connectivity index (χ2v) is 10.5. The lowest BCUT2D eigenvalue weighted by Crippen LogP contribution is -2.25. The molecule has 0 unspecified atom stereocenters. The molecule has 154 valence electrons. The summed E-state index contributed by atoms with van der Waals surface area (Å²) in [5.74, 6) is 0. The van der Waals surface area contributed by atoms with Gasteiger partial charge >= 0.3 is 0 Å². The van der Waals surface area contributed by atoms with Crippen molar-refractivity contribution in [1.82, 2.24) is 0 Å². The van der Waals surface area contributed by atoms with Crippen LogP contribution in [0.4, 0.5) is 0 Å². The van der Waals surface area contributed by atoms with Crippen molar-refractivity contribution in [2.45, 2.75) is 5.41 Å². The molecule has 0 saturated heterocycles. The van der Waals surface area contributed by atoms with E-state index in [4.69, 9.17) is 11.6 Å². The van der Waals surface area contributed by atoms with Crippen molar-refractivity contribution in [2.24, 2.45) is 0 Å². The molecule has 0 bridgehead atoms. The fourth-order valence-corrected chi connectivity index (χ4v) is 7.81. The first-order chi connectivity index (χ1) is 16.3. The van der Waals surface area contributed by atoms with Gasteiger partial charge in [0.25, 0.3) is 0 Å². The smallest absolute Gasteiger partial charge is 0.0726 e. The number of rotatable bonds is 0. The van der Waals surface area contributed by atoms with Gasteiger partial charge in [-0.1, -0.05) is 96.5 Å². The summed E-state index contributed by atoms with van der Waals surface area (Å²) >= 11 is 8.57. The predicted octanol–water partition coefficient (Wildman–Crippen LogP) is 9.05. The molecule has 8 rings (SSSR count). The molecule has 0 amide bonds. The van der Waals surface area contributed by atoms with Gasteiger partial charge in [0.05, 0.1) is 5.41 Å². The van der Waals surface area contributed by atoms with Gasteiger partial charge in [0.2, 0.25) is 0 Å². The Bertz CT molecular complexity index is 1740. The number of hydrogen-bond acceptors (Lipinski definition) is 1. The van der Waals surface area contributed by atoms with Crippen molar-refractivity contribution >= 4 is 43.1 Å². The monoisotopic (exact) mass is 456 g/mol. The number of fused-ring (bicyclic) bond motifs is 14. The van der Waals surface area contributed by atoms with Crippen molar-refractivity contribution in [3.8, 4) is 22.3 Å². The first-order valence-corrected chi connectivity index (χ1v) is 12.4. The van der Waals surface area contributed by atoms with Gasteiger partial charge in [0.1, 0.15) is 0 Å². The third kappa shape index (κ3) is 2.04. The summed E-state index contributed by atoms with van der Waals surface area (Å²) in [4.78, 5) is 0. The first-order valence-electron chi connectivity index (χ1n) is 11.2. The van der Waals surface area contributed by atoms with E-state index in [0.29, 0.717) is 0 Å². The summed E-state index contributed by atoms with van der Waals surface area (Å²) in [6.45, 7) is 0. The summed E-state index contributed by atoms with van der Waals surface area (Å²) in [5, 5.41) is 3.46. The molecule has 6 aromatic rings. The normalized spacial score (nSPS) is 14.5. The average Bonchev–Trinajstić information content (AvgIpc) is 3.47. The van der Waals surface area contributed by atoms with Gasteiger partial charge in [-0.3, -0.25) is 0 Å². The van der Waals surface area contributed by atoms with Crippen LogP contribution < -0.4 is 0 Å². The Morgan fingerprint density at radius 2 is 1.24 bits per heavy atom. The summed E-state index contributed by atoms with van der Waals surface area (Å²) in [6.07, 6.45) is 0. The highest BCUT2D eigenvalue weighted by Gasteiger charge is 2.52. The third-order valence-electron chi connectivity index (χ3n) is 7.56. The van der Waals surface area contributed by atoms with Crippen LogP contribution in [0.5, 0.6) is 0 Å². The maximum Gasteiger partial charge on any atom is 0.0726 e. The van der Waals surface area contributed by atoms with Crippen LogP contribution in [0.15, 0.2) is 103 Å². The fourth-order valence-electron chi connectivity index (χ4n) is 6.37. The molecule has 5 aromatic carbocycles. The highest BCUT2D eigenvalue weighted by molar-refractivity contribution is 7.26. The Balaban J connectivity index is 1.63. The summed E-state index contributed by atoms with van der Waals surface area (Å²) < 4.78 is 2.71. The third-order valence-corrected chi connectivity index (χ3v) is 9.00. The zero-order chi connectivity index (χ0) is 21.7. The SMILES string of the molecule is Clc1ccc2c(c1)C1(c3ccccc3-c3ccccc31)c1ccc3c(sc4ccccc43)c1-2. The summed E-state index contributed by atoms with van der Waals surface area (Å²) in [5.41, 5.74) is 10.4. The van der Waals surface area contributed by atoms with Gasteiger partial charge in [0, 0.05) is 30.8 Å². The van der Waals surface area contributed by atoms with Gasteiger partial charge < -0.3 is 0 Å². The van der Waals surface area contributed by atoms with E-state index in [1.807, 2.05) is 17.4 Å². The number of benzene rings is 5. The molecule has 1 spiro atoms. The fraction of sp³-hybridized carbons (Fsp3) is 0.0323. The molecular formula is C31H17ClS. The lowest BCUT2D eigenvalue weighted by Gasteiger charge is -2.30. The van der Waals surface area contributed by atoms with Gasteiger partial charge in [-0.25, -0.2) is 0 Å². The largest absolute Gasteiger partial charge is 0.135 e. The Morgan fingerprint density at radius 3 is 2.03 bits per heavy atom. The molecule has 0 fully saturated rings. The van der Waals surface area contributed by atoms with Crippen molar-refractivity contribution in [3.05, 3.63) is 130 Å². The molecule has 0 nitrogen and oxygen atoms in total. The van der Waals surface area contributed by atoms with Crippen LogP contribution in [0.25, 0.3) is 42.4 Å². The van der Waals surface area contributed by atoms with E-state index >= 15 is 0 Å². The molecule has 2 aliphatic carbocycles. The van der Waals surface area contributed by atoms with Crippen LogP contribution in [0.1, 0.15) is 22.3 Å². The van der Waals surface area contributed by atoms with E-state index in [2.05, 4.69) is 97.1 Å². The molecule has 0 atom stereocenters. The molecule has 1 aromatic heterocycles. The van der Waals surface area contributed by atoms with Gasteiger partial charge in [-0.15, -0.1) is 11.3 Å². The highest BCUT2D eigenvalue weighted by atomic mass is 35.5. The maximum absolute atomic E-state index is 6.67. The topological polar surface area (TPSA) is 0 Å². The zero-order valence-corrected chi connectivity index (χ0v) is 19.2. The van der Waals surface area contributed by atoms with Crippen LogP contribution in [0, 0.1) is 0 Å². The van der Waals surface area contributed by atoms with Crippen molar-refractivity contribution in [1.29, 1.82) is 0 Å². The minimum absolute atomic E-state index is 0.340. The lowest BCUT2D eigenvalue weighted by atomic mass is 9.70. The van der Waals surface area contributed by atoms with Crippen molar-refractivity contribution in [2.75, 3.05) is 0 Å². The second kappa shape index (κ2) is 6.14. The van der Waals surface area contributed by atoms with E-state index < -0.39 is 0 Å². The lowest BCUT2D eigenvalue weighted by molar-refractivity contribution is 0.794. The average molecular weight is 457 g/mol. The number of thiophene rings is 1. The second-order valence-electron chi connectivity index (χ2n) is 8.99. The molecule has 0 radical (unpaired) electrons. The highest BCUT2D eigenvalue weighted by Crippen LogP contribution is 2.64. The number of hydrogen-bond donors (Lipinski definition) is 0. The van der Waals surface area contributed by atoms with Crippen LogP contribution in [-0.4, -0.2) is 0 Å². The van der Waals surface area contributed by atoms with Crippen LogP contribution >= 0.6 is 22.9 Å².